The Kier molecular flexibility index (Phi) is 6.01. The number of aromatic hydroxyl groups is 1. The number of carbonyl (C=O) groups is 1. The van der Waals surface area contributed by atoms with E-state index in [0.717, 1.165) is 0 Å². The number of nitrogens with one attached hydrogen (secondary N) is 1. The smallest absolute Gasteiger partial charge is 0.269 e. The first kappa shape index (κ1) is 22.3. The molecule has 10 heteroatoms. The molecule has 0 unspecified atom stereocenters. The molecule has 0 aliphatic rings. The van der Waals surface area contributed by atoms with Crippen molar-refractivity contribution in [3.05, 3.63) is 86.4 Å². The van der Waals surface area contributed by atoms with Crippen molar-refractivity contribution < 1.29 is 23.2 Å². The Bertz CT molecular complexity index is 1290. The molecular weight excluding hydrogens is 444 g/mol. The van der Waals surface area contributed by atoms with Gasteiger partial charge in [-0.15, -0.1) is 0 Å². The van der Waals surface area contributed by atoms with Gasteiger partial charge in [0.1, 0.15) is 10.6 Å². The summed E-state index contributed by atoms with van der Waals surface area (Å²) in [5.74, 6) is -1.00. The third-order valence-electron chi connectivity index (χ3n) is 4.83. The van der Waals surface area contributed by atoms with Gasteiger partial charge >= 0.3 is 0 Å². The third-order valence-corrected chi connectivity index (χ3v) is 6.87. The number of non-ortho nitro benzene ring substituents is 1. The number of phenolic OH excluding ortho intramolecular Hbond substituents is 1. The number of phenols is 1. The minimum atomic E-state index is -4.10. The molecule has 0 heterocycles. The Morgan fingerprint density at radius 3 is 2.16 bits per heavy atom. The molecular formula is C21H17ClN2O6S. The second-order valence-corrected chi connectivity index (χ2v) is 9.09. The summed E-state index contributed by atoms with van der Waals surface area (Å²) in [5.41, 5.74) is 0.936. The van der Waals surface area contributed by atoms with Crippen molar-refractivity contribution in [3.63, 3.8) is 0 Å². The van der Waals surface area contributed by atoms with Gasteiger partial charge in [0.05, 0.1) is 9.82 Å². The average molecular weight is 461 g/mol. The summed E-state index contributed by atoms with van der Waals surface area (Å²) in [4.78, 5) is 22.4. The molecule has 0 aromatic heterocycles. The number of sulfone groups is 1. The molecule has 0 saturated heterocycles. The van der Waals surface area contributed by atoms with Crippen LogP contribution in [0.4, 0.5) is 11.4 Å². The number of nitro benzene ring substituents is 1. The monoisotopic (exact) mass is 460 g/mol. The van der Waals surface area contributed by atoms with Crippen LogP contribution >= 0.6 is 11.6 Å². The quantitative estimate of drug-likeness (QED) is 0.324. The van der Waals surface area contributed by atoms with Crippen molar-refractivity contribution in [3.8, 4) is 5.75 Å². The first-order chi connectivity index (χ1) is 14.5. The number of benzene rings is 3. The largest absolute Gasteiger partial charge is 0.506 e. The standard InChI is InChI=1S/C21H17ClN2O6S/c1-12-13(2)20(25)19(31(29,30)17-9-5-15(22)6-10-17)11-18(12)23-21(26)14-3-7-16(8-4-14)24(27)28/h3-11,25H,1-2H3,(H,23,26). The van der Waals surface area contributed by atoms with Gasteiger partial charge in [-0.2, -0.15) is 0 Å². The highest BCUT2D eigenvalue weighted by molar-refractivity contribution is 7.91. The summed E-state index contributed by atoms with van der Waals surface area (Å²) >= 11 is 5.82. The fourth-order valence-electron chi connectivity index (χ4n) is 2.88. The van der Waals surface area contributed by atoms with Gasteiger partial charge in [0, 0.05) is 28.4 Å². The summed E-state index contributed by atoms with van der Waals surface area (Å²) in [7, 11) is -4.10. The molecule has 160 valence electrons. The Morgan fingerprint density at radius 2 is 1.61 bits per heavy atom. The molecule has 0 atom stereocenters. The predicted octanol–water partition coefficient (Wildman–Crippen LogP) is 4.66. The van der Waals surface area contributed by atoms with Gasteiger partial charge in [-0.25, -0.2) is 8.42 Å². The number of nitro groups is 1. The van der Waals surface area contributed by atoms with E-state index in [0.29, 0.717) is 10.6 Å². The summed E-state index contributed by atoms with van der Waals surface area (Å²) in [6.45, 7) is 3.16. The van der Waals surface area contributed by atoms with Crippen LogP contribution in [0.5, 0.6) is 5.75 Å². The number of carbonyl (C=O) groups excluding carboxylic acids is 1. The third kappa shape index (κ3) is 4.37. The molecule has 31 heavy (non-hydrogen) atoms. The van der Waals surface area contributed by atoms with E-state index in [4.69, 9.17) is 11.6 Å². The fraction of sp³-hybridized carbons (Fsp3) is 0.0952. The maximum absolute atomic E-state index is 13.1. The zero-order chi connectivity index (χ0) is 22.9. The number of amides is 1. The van der Waals surface area contributed by atoms with Crippen LogP contribution in [0, 0.1) is 24.0 Å². The molecule has 3 aromatic carbocycles. The van der Waals surface area contributed by atoms with Crippen molar-refractivity contribution in [2.24, 2.45) is 0 Å². The second kappa shape index (κ2) is 8.37. The van der Waals surface area contributed by atoms with E-state index >= 15 is 0 Å². The average Bonchev–Trinajstić information content (AvgIpc) is 2.74. The van der Waals surface area contributed by atoms with E-state index in [9.17, 15) is 28.4 Å². The Hall–Kier alpha value is -3.43. The van der Waals surface area contributed by atoms with Gasteiger partial charge < -0.3 is 10.4 Å². The van der Waals surface area contributed by atoms with Crippen LogP contribution in [-0.2, 0) is 9.84 Å². The summed E-state index contributed by atoms with van der Waals surface area (Å²) in [6.07, 6.45) is 0. The number of rotatable bonds is 5. The van der Waals surface area contributed by atoms with Crippen molar-refractivity contribution >= 4 is 38.7 Å². The Labute approximate surface area is 183 Å². The lowest BCUT2D eigenvalue weighted by Gasteiger charge is -2.16. The minimum absolute atomic E-state index is 0.0666. The SMILES string of the molecule is Cc1c(NC(=O)c2ccc([N+](=O)[O-])cc2)cc(S(=O)(=O)c2ccc(Cl)cc2)c(O)c1C. The topological polar surface area (TPSA) is 127 Å². The van der Waals surface area contributed by atoms with Gasteiger partial charge in [0.2, 0.25) is 9.84 Å². The molecule has 0 bridgehead atoms. The van der Waals surface area contributed by atoms with E-state index in [1.54, 1.807) is 6.92 Å². The highest BCUT2D eigenvalue weighted by Gasteiger charge is 2.25. The first-order valence-electron chi connectivity index (χ1n) is 8.92. The maximum atomic E-state index is 13.1. The van der Waals surface area contributed by atoms with Crippen LogP contribution in [-0.4, -0.2) is 24.4 Å². The molecule has 0 spiro atoms. The first-order valence-corrected chi connectivity index (χ1v) is 10.8. The zero-order valence-corrected chi connectivity index (χ0v) is 18.0. The van der Waals surface area contributed by atoms with Crippen LogP contribution in [0.1, 0.15) is 21.5 Å². The lowest BCUT2D eigenvalue weighted by molar-refractivity contribution is -0.384. The summed E-state index contributed by atoms with van der Waals surface area (Å²) < 4.78 is 26.1. The van der Waals surface area contributed by atoms with Crippen molar-refractivity contribution in [1.29, 1.82) is 0 Å². The van der Waals surface area contributed by atoms with Crippen LogP contribution in [0.25, 0.3) is 0 Å². The van der Waals surface area contributed by atoms with E-state index in [1.165, 1.54) is 61.5 Å². The van der Waals surface area contributed by atoms with Gasteiger partial charge in [0.15, 0.2) is 0 Å². The van der Waals surface area contributed by atoms with E-state index in [2.05, 4.69) is 5.32 Å². The number of anilines is 1. The molecule has 8 nitrogen and oxygen atoms in total. The van der Waals surface area contributed by atoms with Gasteiger partial charge in [0.25, 0.3) is 11.6 Å². The highest BCUT2D eigenvalue weighted by Crippen LogP contribution is 2.37. The van der Waals surface area contributed by atoms with Crippen LogP contribution in [0.3, 0.4) is 0 Å². The van der Waals surface area contributed by atoms with Crippen LogP contribution in [0.15, 0.2) is 64.4 Å². The fourth-order valence-corrected chi connectivity index (χ4v) is 4.43. The Morgan fingerprint density at radius 1 is 1.03 bits per heavy atom. The number of nitrogens with zero attached hydrogens (tertiary/aromatic N) is 1. The molecule has 3 aromatic rings. The molecule has 1 amide bonds. The minimum Gasteiger partial charge on any atom is -0.506 e. The van der Waals surface area contributed by atoms with Gasteiger partial charge in [-0.3, -0.25) is 14.9 Å². The van der Waals surface area contributed by atoms with Crippen LogP contribution < -0.4 is 5.32 Å². The molecule has 0 fully saturated rings. The predicted molar refractivity (Wildman–Crippen MR) is 116 cm³/mol. The molecule has 0 radical (unpaired) electrons. The molecule has 0 aliphatic carbocycles. The normalized spacial score (nSPS) is 11.2. The van der Waals surface area contributed by atoms with Crippen molar-refractivity contribution in [2.45, 2.75) is 23.6 Å². The highest BCUT2D eigenvalue weighted by atomic mass is 35.5. The molecule has 2 N–H and O–H groups in total. The van der Waals surface area contributed by atoms with Crippen molar-refractivity contribution in [2.75, 3.05) is 5.32 Å². The molecule has 0 saturated carbocycles. The van der Waals surface area contributed by atoms with E-state index in [-0.39, 0.29) is 32.3 Å². The maximum Gasteiger partial charge on any atom is 0.269 e. The van der Waals surface area contributed by atoms with Gasteiger partial charge in [-0.05, 0) is 67.4 Å². The number of hydrogen-bond donors (Lipinski definition) is 2. The van der Waals surface area contributed by atoms with Crippen molar-refractivity contribution in [1.82, 2.24) is 0 Å². The second-order valence-electron chi connectivity index (χ2n) is 6.74. The number of hydrogen-bond acceptors (Lipinski definition) is 6. The van der Waals surface area contributed by atoms with E-state index in [1.807, 2.05) is 0 Å². The lowest BCUT2D eigenvalue weighted by Crippen LogP contribution is -2.14. The van der Waals surface area contributed by atoms with Gasteiger partial charge in [-0.1, -0.05) is 11.6 Å². The molecule has 0 aliphatic heterocycles. The summed E-state index contributed by atoms with van der Waals surface area (Å²) in [6, 6.07) is 11.6. The zero-order valence-electron chi connectivity index (χ0n) is 16.4. The number of halogens is 1. The molecule has 3 rings (SSSR count). The summed E-state index contributed by atoms with van der Waals surface area (Å²) in [5, 5.41) is 24.2. The Balaban J connectivity index is 2.02. The van der Waals surface area contributed by atoms with E-state index < -0.39 is 26.4 Å². The van der Waals surface area contributed by atoms with Crippen LogP contribution in [0.2, 0.25) is 5.02 Å². The lowest BCUT2D eigenvalue weighted by atomic mass is 10.1.